The fourth-order valence-electron chi connectivity index (χ4n) is 1.64. The van der Waals surface area contributed by atoms with Gasteiger partial charge in [-0.05, 0) is 18.2 Å². The largest absolute Gasteiger partial charge is 0.478 e. The lowest BCUT2D eigenvalue weighted by atomic mass is 10.2. The number of halogens is 1. The van der Waals surface area contributed by atoms with E-state index in [9.17, 15) is 9.59 Å². The van der Waals surface area contributed by atoms with Crippen LogP contribution in [0.15, 0.2) is 29.1 Å². The SMILES string of the molecule is CN(Cc1cscn1)C(=O)Nc1ccc(Cl)cc1C(=O)O. The van der Waals surface area contributed by atoms with Gasteiger partial charge in [-0.25, -0.2) is 14.6 Å². The van der Waals surface area contributed by atoms with Gasteiger partial charge in [0.15, 0.2) is 0 Å². The summed E-state index contributed by atoms with van der Waals surface area (Å²) in [5.74, 6) is -1.16. The molecule has 0 aliphatic rings. The number of rotatable bonds is 4. The van der Waals surface area contributed by atoms with Crippen LogP contribution in [0.5, 0.6) is 0 Å². The molecule has 0 atom stereocenters. The number of carbonyl (C=O) groups excluding carboxylic acids is 1. The molecule has 0 bridgehead atoms. The number of hydrogen-bond donors (Lipinski definition) is 2. The van der Waals surface area contributed by atoms with Crippen molar-refractivity contribution in [2.75, 3.05) is 12.4 Å². The van der Waals surface area contributed by atoms with E-state index in [-0.39, 0.29) is 11.3 Å². The van der Waals surface area contributed by atoms with E-state index in [1.165, 1.54) is 34.4 Å². The van der Waals surface area contributed by atoms with E-state index in [0.29, 0.717) is 11.6 Å². The van der Waals surface area contributed by atoms with Gasteiger partial charge in [0.1, 0.15) is 0 Å². The Morgan fingerprint density at radius 1 is 1.48 bits per heavy atom. The molecule has 2 rings (SSSR count). The van der Waals surface area contributed by atoms with Crippen LogP contribution in [-0.4, -0.2) is 34.0 Å². The van der Waals surface area contributed by atoms with Crippen molar-refractivity contribution >= 4 is 40.6 Å². The van der Waals surface area contributed by atoms with Gasteiger partial charge in [-0.2, -0.15) is 0 Å². The molecule has 0 aliphatic heterocycles. The zero-order valence-electron chi connectivity index (χ0n) is 11.0. The van der Waals surface area contributed by atoms with Gasteiger partial charge in [0.05, 0.1) is 29.0 Å². The van der Waals surface area contributed by atoms with Crippen LogP contribution in [0.25, 0.3) is 0 Å². The average Bonchev–Trinajstić information content (AvgIpc) is 2.93. The third kappa shape index (κ3) is 3.93. The normalized spacial score (nSPS) is 10.2. The average molecular weight is 326 g/mol. The van der Waals surface area contributed by atoms with Crippen LogP contribution in [0.4, 0.5) is 10.5 Å². The maximum atomic E-state index is 12.1. The number of amides is 2. The van der Waals surface area contributed by atoms with E-state index in [1.54, 1.807) is 12.6 Å². The number of thiazole rings is 1. The number of nitrogens with one attached hydrogen (secondary N) is 1. The molecule has 2 N–H and O–H groups in total. The Morgan fingerprint density at radius 2 is 2.24 bits per heavy atom. The highest BCUT2D eigenvalue weighted by Crippen LogP contribution is 2.21. The summed E-state index contributed by atoms with van der Waals surface area (Å²) in [6.07, 6.45) is 0. The number of carboxylic acids is 1. The molecule has 8 heteroatoms. The summed E-state index contributed by atoms with van der Waals surface area (Å²) < 4.78 is 0. The molecule has 0 aliphatic carbocycles. The van der Waals surface area contributed by atoms with Crippen LogP contribution in [0, 0.1) is 0 Å². The lowest BCUT2D eigenvalue weighted by Crippen LogP contribution is -2.31. The van der Waals surface area contributed by atoms with Crippen molar-refractivity contribution in [2.45, 2.75) is 6.54 Å². The Bertz CT molecular complexity index is 661. The Balaban J connectivity index is 2.10. The van der Waals surface area contributed by atoms with Crippen molar-refractivity contribution in [3.05, 3.63) is 45.4 Å². The van der Waals surface area contributed by atoms with Gasteiger partial charge in [0.2, 0.25) is 0 Å². The van der Waals surface area contributed by atoms with Gasteiger partial charge >= 0.3 is 12.0 Å². The summed E-state index contributed by atoms with van der Waals surface area (Å²) in [5.41, 5.74) is 2.59. The Morgan fingerprint density at radius 3 is 2.86 bits per heavy atom. The van der Waals surface area contributed by atoms with E-state index in [2.05, 4.69) is 10.3 Å². The lowest BCUT2D eigenvalue weighted by molar-refractivity contribution is 0.0698. The van der Waals surface area contributed by atoms with Gasteiger partial charge in [0.25, 0.3) is 0 Å². The fraction of sp³-hybridized carbons (Fsp3) is 0.154. The second kappa shape index (κ2) is 6.55. The summed E-state index contributed by atoms with van der Waals surface area (Å²) in [4.78, 5) is 28.7. The molecule has 0 saturated heterocycles. The molecule has 110 valence electrons. The second-order valence-electron chi connectivity index (χ2n) is 4.26. The third-order valence-electron chi connectivity index (χ3n) is 2.68. The number of benzene rings is 1. The molecular formula is C13H12ClN3O3S. The molecular weight excluding hydrogens is 314 g/mol. The highest BCUT2D eigenvalue weighted by atomic mass is 35.5. The van der Waals surface area contributed by atoms with Crippen LogP contribution >= 0.6 is 22.9 Å². The smallest absolute Gasteiger partial charge is 0.337 e. The van der Waals surface area contributed by atoms with Gasteiger partial charge in [-0.1, -0.05) is 11.6 Å². The zero-order valence-corrected chi connectivity index (χ0v) is 12.6. The minimum absolute atomic E-state index is 0.0575. The summed E-state index contributed by atoms with van der Waals surface area (Å²) in [6.45, 7) is 0.339. The first-order valence-electron chi connectivity index (χ1n) is 5.89. The number of aromatic carboxylic acids is 1. The third-order valence-corrected chi connectivity index (χ3v) is 3.55. The monoisotopic (exact) mass is 325 g/mol. The maximum Gasteiger partial charge on any atom is 0.337 e. The van der Waals surface area contributed by atoms with Crippen molar-refractivity contribution in [1.82, 2.24) is 9.88 Å². The molecule has 1 aromatic heterocycles. The molecule has 6 nitrogen and oxygen atoms in total. The van der Waals surface area contributed by atoms with Crippen LogP contribution in [-0.2, 0) is 6.54 Å². The molecule has 1 heterocycles. The number of urea groups is 1. The predicted molar refractivity (Wildman–Crippen MR) is 81.0 cm³/mol. The quantitative estimate of drug-likeness (QED) is 0.904. The predicted octanol–water partition coefficient (Wildman–Crippen LogP) is 3.16. The minimum atomic E-state index is -1.16. The molecule has 0 spiro atoms. The number of anilines is 1. The topological polar surface area (TPSA) is 82.5 Å². The zero-order chi connectivity index (χ0) is 15.4. The number of carbonyl (C=O) groups is 2. The Hall–Kier alpha value is -2.12. The van der Waals surface area contributed by atoms with Crippen molar-refractivity contribution in [1.29, 1.82) is 0 Å². The lowest BCUT2D eigenvalue weighted by Gasteiger charge is -2.17. The number of carboxylic acid groups (broad SMARTS) is 1. The Labute approximate surface area is 130 Å². The molecule has 0 radical (unpaired) electrons. The van der Waals surface area contributed by atoms with Crippen molar-refractivity contribution in [2.24, 2.45) is 0 Å². The molecule has 2 aromatic rings. The van der Waals surface area contributed by atoms with Gasteiger partial charge in [-0.3, -0.25) is 0 Å². The van der Waals surface area contributed by atoms with E-state index in [1.807, 2.05) is 5.38 Å². The standard InChI is InChI=1S/C13H12ClN3O3S/c1-17(5-9-6-21-7-15-9)13(20)16-11-3-2-8(14)4-10(11)12(18)19/h2-4,6-7H,5H2,1H3,(H,16,20)(H,18,19). The molecule has 0 fully saturated rings. The highest BCUT2D eigenvalue weighted by molar-refractivity contribution is 7.07. The van der Waals surface area contributed by atoms with Crippen LogP contribution in [0.1, 0.15) is 16.1 Å². The number of hydrogen-bond acceptors (Lipinski definition) is 4. The maximum absolute atomic E-state index is 12.1. The summed E-state index contributed by atoms with van der Waals surface area (Å²) in [6, 6.07) is 3.84. The van der Waals surface area contributed by atoms with Crippen LogP contribution in [0.2, 0.25) is 5.02 Å². The van der Waals surface area contributed by atoms with Crippen molar-refractivity contribution in [3.8, 4) is 0 Å². The van der Waals surface area contributed by atoms with E-state index >= 15 is 0 Å². The second-order valence-corrected chi connectivity index (χ2v) is 5.42. The fourth-order valence-corrected chi connectivity index (χ4v) is 2.37. The van der Waals surface area contributed by atoms with E-state index in [0.717, 1.165) is 5.69 Å². The first-order chi connectivity index (χ1) is 9.97. The minimum Gasteiger partial charge on any atom is -0.478 e. The van der Waals surface area contributed by atoms with Gasteiger partial charge in [0, 0.05) is 17.5 Å². The molecule has 2 amide bonds. The molecule has 1 aromatic carbocycles. The Kier molecular flexibility index (Phi) is 4.77. The summed E-state index contributed by atoms with van der Waals surface area (Å²) >= 11 is 7.20. The summed E-state index contributed by atoms with van der Waals surface area (Å²) in [5, 5.41) is 13.8. The first-order valence-corrected chi connectivity index (χ1v) is 7.21. The van der Waals surface area contributed by atoms with Gasteiger partial charge < -0.3 is 15.3 Å². The number of nitrogens with zero attached hydrogens (tertiary/aromatic N) is 2. The first kappa shape index (κ1) is 15.3. The molecule has 0 saturated carbocycles. The molecule has 0 unspecified atom stereocenters. The number of aromatic nitrogens is 1. The summed E-state index contributed by atoms with van der Waals surface area (Å²) in [7, 11) is 1.60. The molecule has 21 heavy (non-hydrogen) atoms. The van der Waals surface area contributed by atoms with Crippen LogP contribution in [0.3, 0.4) is 0 Å². The van der Waals surface area contributed by atoms with Crippen LogP contribution < -0.4 is 5.32 Å². The highest BCUT2D eigenvalue weighted by Gasteiger charge is 2.16. The van der Waals surface area contributed by atoms with E-state index in [4.69, 9.17) is 16.7 Å². The van der Waals surface area contributed by atoms with Gasteiger partial charge in [-0.15, -0.1) is 11.3 Å². The van der Waals surface area contributed by atoms with Crippen molar-refractivity contribution < 1.29 is 14.7 Å². The van der Waals surface area contributed by atoms with E-state index < -0.39 is 12.0 Å². The van der Waals surface area contributed by atoms with Crippen molar-refractivity contribution in [3.63, 3.8) is 0 Å².